The van der Waals surface area contributed by atoms with Crippen LogP contribution in [0.5, 0.6) is 11.5 Å². The Hall–Kier alpha value is -3.34. The Kier molecular flexibility index (Phi) is 5.71. The number of amides is 1. The van der Waals surface area contributed by atoms with Gasteiger partial charge < -0.3 is 14.8 Å². The summed E-state index contributed by atoms with van der Waals surface area (Å²) in [6.45, 7) is 2.25. The fraction of sp³-hybridized carbons (Fsp3) is 0.136. The van der Waals surface area contributed by atoms with Crippen LogP contribution >= 0.6 is 0 Å². The second kappa shape index (κ2) is 8.36. The molecule has 0 radical (unpaired) electrons. The summed E-state index contributed by atoms with van der Waals surface area (Å²) in [6, 6.07) is 18.6. The number of rotatable bonds is 6. The van der Waals surface area contributed by atoms with Crippen molar-refractivity contribution in [1.82, 2.24) is 0 Å². The monoisotopic (exact) mass is 365 g/mol. The fourth-order valence-corrected chi connectivity index (χ4v) is 2.67. The molecular weight excluding hydrogens is 345 g/mol. The maximum Gasteiger partial charge on any atom is 0.255 e. The first-order valence-electron chi connectivity index (χ1n) is 8.48. The number of benzene rings is 3. The van der Waals surface area contributed by atoms with Crippen LogP contribution in [0.1, 0.15) is 21.5 Å². The Morgan fingerprint density at radius 2 is 1.85 bits per heavy atom. The molecule has 3 rings (SSSR count). The quantitative estimate of drug-likeness (QED) is 0.671. The Bertz CT molecular complexity index is 956. The minimum absolute atomic E-state index is 0.258. The summed E-state index contributed by atoms with van der Waals surface area (Å²) in [6.07, 6.45) is 0. The van der Waals surface area contributed by atoms with Crippen molar-refractivity contribution in [3.63, 3.8) is 0 Å². The first-order chi connectivity index (χ1) is 13.0. The van der Waals surface area contributed by atoms with Crippen molar-refractivity contribution in [2.75, 3.05) is 12.4 Å². The Labute approximate surface area is 157 Å². The minimum Gasteiger partial charge on any atom is -0.496 e. The maximum atomic E-state index is 13.3. The highest BCUT2D eigenvalue weighted by Crippen LogP contribution is 2.23. The van der Waals surface area contributed by atoms with Crippen molar-refractivity contribution < 1.29 is 18.7 Å². The summed E-state index contributed by atoms with van der Waals surface area (Å²) < 4.78 is 24.5. The topological polar surface area (TPSA) is 47.6 Å². The summed E-state index contributed by atoms with van der Waals surface area (Å²) in [5.41, 5.74) is 2.67. The molecule has 0 saturated heterocycles. The largest absolute Gasteiger partial charge is 0.496 e. The van der Waals surface area contributed by atoms with E-state index in [0.717, 1.165) is 16.9 Å². The van der Waals surface area contributed by atoms with Crippen LogP contribution in [0.2, 0.25) is 0 Å². The fourth-order valence-electron chi connectivity index (χ4n) is 2.67. The SMILES string of the molecule is COc1ccc(C(=O)Nc2cccc(F)c2)cc1COc1cccc(C)c1. The molecule has 0 aliphatic carbocycles. The average molecular weight is 365 g/mol. The van der Waals surface area contributed by atoms with Gasteiger partial charge >= 0.3 is 0 Å². The van der Waals surface area contributed by atoms with Crippen molar-refractivity contribution in [2.45, 2.75) is 13.5 Å². The number of nitrogens with one attached hydrogen (secondary N) is 1. The third-order valence-corrected chi connectivity index (χ3v) is 4.01. The van der Waals surface area contributed by atoms with E-state index in [0.29, 0.717) is 17.0 Å². The first kappa shape index (κ1) is 18.5. The van der Waals surface area contributed by atoms with Gasteiger partial charge in [-0.25, -0.2) is 4.39 Å². The smallest absolute Gasteiger partial charge is 0.255 e. The number of hydrogen-bond donors (Lipinski definition) is 1. The Balaban J connectivity index is 1.77. The number of anilines is 1. The number of hydrogen-bond acceptors (Lipinski definition) is 3. The lowest BCUT2D eigenvalue weighted by atomic mass is 10.1. The van der Waals surface area contributed by atoms with Gasteiger partial charge in [0.1, 0.15) is 23.9 Å². The molecule has 0 aromatic heterocycles. The van der Waals surface area contributed by atoms with Crippen LogP contribution in [-0.2, 0) is 6.61 Å². The van der Waals surface area contributed by atoms with E-state index in [1.807, 2.05) is 31.2 Å². The van der Waals surface area contributed by atoms with E-state index in [2.05, 4.69) is 5.32 Å². The number of carbonyl (C=O) groups excluding carboxylic acids is 1. The van der Waals surface area contributed by atoms with Gasteiger partial charge in [0.25, 0.3) is 5.91 Å². The molecule has 0 unspecified atom stereocenters. The van der Waals surface area contributed by atoms with E-state index in [9.17, 15) is 9.18 Å². The molecule has 1 N–H and O–H groups in total. The van der Waals surface area contributed by atoms with Gasteiger partial charge in [0.2, 0.25) is 0 Å². The van der Waals surface area contributed by atoms with Gasteiger partial charge in [-0.3, -0.25) is 4.79 Å². The zero-order chi connectivity index (χ0) is 19.2. The van der Waals surface area contributed by atoms with Gasteiger partial charge in [-0.2, -0.15) is 0 Å². The molecule has 138 valence electrons. The summed E-state index contributed by atoms with van der Waals surface area (Å²) in [5.74, 6) is 0.631. The maximum absolute atomic E-state index is 13.3. The van der Waals surface area contributed by atoms with E-state index in [4.69, 9.17) is 9.47 Å². The minimum atomic E-state index is -0.408. The molecule has 3 aromatic carbocycles. The van der Waals surface area contributed by atoms with Gasteiger partial charge in [0.15, 0.2) is 0 Å². The van der Waals surface area contributed by atoms with E-state index in [-0.39, 0.29) is 12.5 Å². The molecule has 0 heterocycles. The molecule has 27 heavy (non-hydrogen) atoms. The number of carbonyl (C=O) groups is 1. The Morgan fingerprint density at radius 1 is 1.04 bits per heavy atom. The summed E-state index contributed by atoms with van der Waals surface area (Å²) in [4.78, 5) is 12.5. The van der Waals surface area contributed by atoms with Gasteiger partial charge in [-0.15, -0.1) is 0 Å². The van der Waals surface area contributed by atoms with E-state index in [1.54, 1.807) is 37.4 Å². The molecule has 0 aliphatic rings. The number of halogens is 1. The predicted octanol–water partition coefficient (Wildman–Crippen LogP) is 4.97. The van der Waals surface area contributed by atoms with Gasteiger partial charge in [0.05, 0.1) is 7.11 Å². The summed E-state index contributed by atoms with van der Waals surface area (Å²) >= 11 is 0. The summed E-state index contributed by atoms with van der Waals surface area (Å²) in [5, 5.41) is 2.68. The molecular formula is C22H20FNO3. The second-order valence-electron chi connectivity index (χ2n) is 6.10. The normalized spacial score (nSPS) is 10.3. The molecule has 0 bridgehead atoms. The molecule has 0 aliphatic heterocycles. The van der Waals surface area contributed by atoms with Crippen LogP contribution in [0.25, 0.3) is 0 Å². The molecule has 0 atom stereocenters. The standard InChI is InChI=1S/C22H20FNO3/c1-15-5-3-8-20(11-15)27-14-17-12-16(9-10-21(17)26-2)22(25)24-19-7-4-6-18(23)13-19/h3-13H,14H2,1-2H3,(H,24,25). The summed E-state index contributed by atoms with van der Waals surface area (Å²) in [7, 11) is 1.57. The van der Waals surface area contributed by atoms with Crippen molar-refractivity contribution in [3.05, 3.63) is 89.2 Å². The van der Waals surface area contributed by atoms with Gasteiger partial charge in [0, 0.05) is 16.8 Å². The second-order valence-corrected chi connectivity index (χ2v) is 6.10. The van der Waals surface area contributed by atoms with Crippen LogP contribution in [0.15, 0.2) is 66.7 Å². The van der Waals surface area contributed by atoms with Crippen LogP contribution in [0.3, 0.4) is 0 Å². The highest BCUT2D eigenvalue weighted by Gasteiger charge is 2.12. The van der Waals surface area contributed by atoms with Crippen LogP contribution in [0, 0.1) is 12.7 Å². The van der Waals surface area contributed by atoms with Crippen LogP contribution in [-0.4, -0.2) is 13.0 Å². The average Bonchev–Trinajstić information content (AvgIpc) is 2.66. The molecule has 0 spiro atoms. The lowest BCUT2D eigenvalue weighted by Gasteiger charge is -2.13. The zero-order valence-electron chi connectivity index (χ0n) is 15.2. The zero-order valence-corrected chi connectivity index (χ0v) is 15.2. The number of aryl methyl sites for hydroxylation is 1. The van der Waals surface area contributed by atoms with E-state index >= 15 is 0 Å². The molecule has 3 aromatic rings. The number of ether oxygens (including phenoxy) is 2. The number of methoxy groups -OCH3 is 1. The molecule has 4 nitrogen and oxygen atoms in total. The van der Waals surface area contributed by atoms with Crippen LogP contribution < -0.4 is 14.8 Å². The lowest BCUT2D eigenvalue weighted by molar-refractivity contribution is 0.102. The van der Waals surface area contributed by atoms with Crippen molar-refractivity contribution in [1.29, 1.82) is 0 Å². The lowest BCUT2D eigenvalue weighted by Crippen LogP contribution is -2.13. The Morgan fingerprint density at radius 3 is 2.59 bits per heavy atom. The van der Waals surface area contributed by atoms with Crippen molar-refractivity contribution >= 4 is 11.6 Å². The van der Waals surface area contributed by atoms with E-state index in [1.165, 1.54) is 12.1 Å². The predicted molar refractivity (Wildman–Crippen MR) is 103 cm³/mol. The van der Waals surface area contributed by atoms with Gasteiger partial charge in [-0.1, -0.05) is 18.2 Å². The molecule has 0 fully saturated rings. The van der Waals surface area contributed by atoms with Crippen molar-refractivity contribution in [2.24, 2.45) is 0 Å². The molecule has 0 saturated carbocycles. The first-order valence-corrected chi connectivity index (χ1v) is 8.48. The third-order valence-electron chi connectivity index (χ3n) is 4.01. The highest BCUT2D eigenvalue weighted by atomic mass is 19.1. The van der Waals surface area contributed by atoms with Crippen LogP contribution in [0.4, 0.5) is 10.1 Å². The third kappa shape index (κ3) is 4.85. The van der Waals surface area contributed by atoms with Crippen molar-refractivity contribution in [3.8, 4) is 11.5 Å². The van der Waals surface area contributed by atoms with E-state index < -0.39 is 5.82 Å². The molecule has 1 amide bonds. The van der Waals surface area contributed by atoms with Gasteiger partial charge in [-0.05, 0) is 61.0 Å². The highest BCUT2D eigenvalue weighted by molar-refractivity contribution is 6.04. The molecule has 5 heteroatoms.